The molecule has 1 aliphatic rings. The zero-order valence-electron chi connectivity index (χ0n) is 14.6. The van der Waals surface area contributed by atoms with Crippen LogP contribution in [0.25, 0.3) is 0 Å². The van der Waals surface area contributed by atoms with Crippen molar-refractivity contribution in [3.8, 4) is 5.75 Å². The maximum absolute atomic E-state index is 12.5. The molecule has 8 heteroatoms. The van der Waals surface area contributed by atoms with Crippen LogP contribution in [0.2, 0.25) is 0 Å². The highest BCUT2D eigenvalue weighted by molar-refractivity contribution is 5.99. The van der Waals surface area contributed by atoms with Gasteiger partial charge in [0.1, 0.15) is 12.3 Å². The second kappa shape index (κ2) is 6.19. The minimum absolute atomic E-state index is 0.132. The smallest absolute Gasteiger partial charge is 0.268 e. The molecule has 0 saturated heterocycles. The van der Waals surface area contributed by atoms with E-state index in [-0.39, 0.29) is 24.2 Å². The second-order valence-corrected chi connectivity index (χ2v) is 6.47. The molecular weight excluding hydrogens is 324 g/mol. The number of nitrogens with one attached hydrogen (secondary N) is 1. The van der Waals surface area contributed by atoms with E-state index >= 15 is 0 Å². The molecule has 2 amide bonds. The summed E-state index contributed by atoms with van der Waals surface area (Å²) in [4.78, 5) is 29.7. The van der Waals surface area contributed by atoms with Gasteiger partial charge in [-0.3, -0.25) is 14.5 Å². The maximum Gasteiger partial charge on any atom is 0.268 e. The molecule has 0 saturated carbocycles. The number of amides is 2. The molecule has 1 aliphatic heterocycles. The Morgan fingerprint density at radius 3 is 2.80 bits per heavy atom. The van der Waals surface area contributed by atoms with E-state index in [2.05, 4.69) is 15.5 Å². The number of hydrogen-bond donors (Lipinski definition) is 1. The molecule has 1 aromatic heterocycles. The van der Waals surface area contributed by atoms with Crippen molar-refractivity contribution in [1.29, 1.82) is 0 Å². The van der Waals surface area contributed by atoms with Gasteiger partial charge in [0.05, 0.1) is 11.2 Å². The van der Waals surface area contributed by atoms with Crippen LogP contribution < -0.4 is 15.0 Å². The Hall–Kier alpha value is -2.90. The first-order chi connectivity index (χ1) is 11.8. The van der Waals surface area contributed by atoms with Gasteiger partial charge in [-0.05, 0) is 32.9 Å². The van der Waals surface area contributed by atoms with E-state index in [1.165, 1.54) is 6.92 Å². The lowest BCUT2D eigenvalue weighted by Crippen LogP contribution is -2.44. The number of ether oxygens (including phenoxy) is 1. The van der Waals surface area contributed by atoms with Gasteiger partial charge in [0.25, 0.3) is 5.91 Å². The molecule has 0 bridgehead atoms. The van der Waals surface area contributed by atoms with Crippen molar-refractivity contribution in [1.82, 2.24) is 15.5 Å². The highest BCUT2D eigenvalue weighted by Gasteiger charge is 2.33. The standard InChI is InChI=1S/C17H20N4O4/c1-10-15(23)21(12-7-5-6-8-13(12)24-10)9-14-18-16(20-25-14)17(3,4)19-11(2)22/h5-8,10H,9H2,1-4H3,(H,19,22)/t10-/m1/s1. The van der Waals surface area contributed by atoms with E-state index in [0.717, 1.165) is 0 Å². The molecule has 0 fully saturated rings. The first-order valence-corrected chi connectivity index (χ1v) is 7.97. The number of aromatic nitrogens is 2. The summed E-state index contributed by atoms with van der Waals surface area (Å²) in [5.41, 5.74) is -0.111. The molecule has 1 atom stereocenters. The molecule has 1 N–H and O–H groups in total. The van der Waals surface area contributed by atoms with Gasteiger partial charge in [-0.1, -0.05) is 17.3 Å². The van der Waals surface area contributed by atoms with E-state index in [1.54, 1.807) is 31.7 Å². The predicted octanol–water partition coefficient (Wildman–Crippen LogP) is 1.75. The number of anilines is 1. The minimum Gasteiger partial charge on any atom is -0.479 e. The number of carbonyl (C=O) groups excluding carboxylic acids is 2. The zero-order valence-corrected chi connectivity index (χ0v) is 14.6. The summed E-state index contributed by atoms with van der Waals surface area (Å²) in [5.74, 6) is 0.889. The number of carbonyl (C=O) groups is 2. The predicted molar refractivity (Wildman–Crippen MR) is 88.9 cm³/mol. The van der Waals surface area contributed by atoms with Crippen LogP contribution >= 0.6 is 0 Å². The van der Waals surface area contributed by atoms with Crippen molar-refractivity contribution in [2.45, 2.75) is 45.9 Å². The van der Waals surface area contributed by atoms with Gasteiger partial charge in [-0.15, -0.1) is 0 Å². The van der Waals surface area contributed by atoms with Crippen LogP contribution in [0.1, 0.15) is 39.4 Å². The SMILES string of the molecule is CC(=O)NC(C)(C)c1noc(CN2C(=O)[C@@H](C)Oc3ccccc32)n1. The molecular formula is C17H20N4O4. The number of para-hydroxylation sites is 2. The molecule has 2 aromatic rings. The fraction of sp³-hybridized carbons (Fsp3) is 0.412. The Kier molecular flexibility index (Phi) is 4.20. The van der Waals surface area contributed by atoms with Gasteiger partial charge >= 0.3 is 0 Å². The lowest BCUT2D eigenvalue weighted by Gasteiger charge is -2.31. The first-order valence-electron chi connectivity index (χ1n) is 7.97. The average molecular weight is 344 g/mol. The molecule has 3 rings (SSSR count). The normalized spacial score (nSPS) is 17.0. The van der Waals surface area contributed by atoms with E-state index in [4.69, 9.17) is 9.26 Å². The molecule has 0 radical (unpaired) electrons. The van der Waals surface area contributed by atoms with E-state index in [0.29, 0.717) is 17.3 Å². The molecule has 132 valence electrons. The van der Waals surface area contributed by atoms with Crippen molar-refractivity contribution in [3.63, 3.8) is 0 Å². The third kappa shape index (κ3) is 3.33. The van der Waals surface area contributed by atoms with Gasteiger partial charge in [-0.2, -0.15) is 4.98 Å². The van der Waals surface area contributed by atoms with Crippen LogP contribution in [0.15, 0.2) is 28.8 Å². The van der Waals surface area contributed by atoms with Crippen molar-refractivity contribution in [2.75, 3.05) is 4.90 Å². The van der Waals surface area contributed by atoms with Gasteiger partial charge in [0.15, 0.2) is 11.9 Å². The van der Waals surface area contributed by atoms with E-state index in [1.807, 2.05) is 18.2 Å². The number of nitrogens with zero attached hydrogens (tertiary/aromatic N) is 3. The lowest BCUT2D eigenvalue weighted by molar-refractivity contribution is -0.125. The largest absolute Gasteiger partial charge is 0.479 e. The molecule has 0 aliphatic carbocycles. The van der Waals surface area contributed by atoms with Crippen LogP contribution in [0.5, 0.6) is 5.75 Å². The van der Waals surface area contributed by atoms with Crippen molar-refractivity contribution in [2.24, 2.45) is 0 Å². The second-order valence-electron chi connectivity index (χ2n) is 6.47. The summed E-state index contributed by atoms with van der Waals surface area (Å²) in [6.07, 6.45) is -0.590. The molecule has 8 nitrogen and oxygen atoms in total. The molecule has 2 heterocycles. The Morgan fingerprint density at radius 1 is 1.36 bits per heavy atom. The fourth-order valence-corrected chi connectivity index (χ4v) is 2.73. The minimum atomic E-state index is -0.770. The van der Waals surface area contributed by atoms with Crippen molar-refractivity contribution >= 4 is 17.5 Å². The zero-order chi connectivity index (χ0) is 18.2. The third-order valence-electron chi connectivity index (χ3n) is 3.88. The first kappa shape index (κ1) is 16.9. The van der Waals surface area contributed by atoms with Gasteiger partial charge in [0, 0.05) is 6.92 Å². The highest BCUT2D eigenvalue weighted by atomic mass is 16.5. The molecule has 1 aromatic carbocycles. The quantitative estimate of drug-likeness (QED) is 0.907. The van der Waals surface area contributed by atoms with Crippen LogP contribution in [-0.4, -0.2) is 28.1 Å². The Bertz CT molecular complexity index is 814. The van der Waals surface area contributed by atoms with E-state index < -0.39 is 11.6 Å². The van der Waals surface area contributed by atoms with Crippen molar-refractivity contribution < 1.29 is 18.8 Å². The molecule has 0 unspecified atom stereocenters. The van der Waals surface area contributed by atoms with Crippen molar-refractivity contribution in [3.05, 3.63) is 36.0 Å². The molecule has 0 spiro atoms. The summed E-state index contributed by atoms with van der Waals surface area (Å²) in [6.45, 7) is 6.81. The van der Waals surface area contributed by atoms with E-state index in [9.17, 15) is 9.59 Å². The van der Waals surface area contributed by atoms with Gasteiger partial charge in [0.2, 0.25) is 11.8 Å². The van der Waals surface area contributed by atoms with Gasteiger partial charge < -0.3 is 14.6 Å². The fourth-order valence-electron chi connectivity index (χ4n) is 2.73. The Labute approximate surface area is 145 Å². The van der Waals surface area contributed by atoms with Crippen LogP contribution in [0, 0.1) is 0 Å². The summed E-state index contributed by atoms with van der Waals surface area (Å²) in [6, 6.07) is 7.29. The monoisotopic (exact) mass is 344 g/mol. The van der Waals surface area contributed by atoms with Crippen LogP contribution in [0.4, 0.5) is 5.69 Å². The number of benzene rings is 1. The lowest BCUT2D eigenvalue weighted by atomic mass is 10.1. The topological polar surface area (TPSA) is 97.6 Å². The summed E-state index contributed by atoms with van der Waals surface area (Å²) >= 11 is 0. The van der Waals surface area contributed by atoms with Gasteiger partial charge in [-0.25, -0.2) is 0 Å². The summed E-state index contributed by atoms with van der Waals surface area (Å²) in [5, 5.41) is 6.70. The molecule has 25 heavy (non-hydrogen) atoms. The summed E-state index contributed by atoms with van der Waals surface area (Å²) in [7, 11) is 0. The van der Waals surface area contributed by atoms with Crippen LogP contribution in [0.3, 0.4) is 0 Å². The summed E-state index contributed by atoms with van der Waals surface area (Å²) < 4.78 is 10.9. The number of rotatable bonds is 4. The van der Waals surface area contributed by atoms with Crippen LogP contribution in [-0.2, 0) is 21.7 Å². The number of hydrogen-bond acceptors (Lipinski definition) is 6. The highest BCUT2D eigenvalue weighted by Crippen LogP contribution is 2.34. The third-order valence-corrected chi connectivity index (χ3v) is 3.88. The maximum atomic E-state index is 12.5. The Morgan fingerprint density at radius 2 is 2.08 bits per heavy atom. The Balaban J connectivity index is 1.86. The number of fused-ring (bicyclic) bond motifs is 1. The average Bonchev–Trinajstić information content (AvgIpc) is 3.00.